The van der Waals surface area contributed by atoms with Crippen molar-refractivity contribution in [3.63, 3.8) is 0 Å². The second kappa shape index (κ2) is 15.9. The number of piperazine rings is 1. The average Bonchev–Trinajstić information content (AvgIpc) is 3.75. The van der Waals surface area contributed by atoms with Crippen LogP contribution in [0.25, 0.3) is 17.0 Å². The summed E-state index contributed by atoms with van der Waals surface area (Å²) in [5.74, 6) is -0.187. The number of hydrogen-bond donors (Lipinski definition) is 2. The molecule has 16 heteroatoms. The van der Waals surface area contributed by atoms with Gasteiger partial charge in [-0.25, -0.2) is 0 Å². The number of nitrogens with zero attached hydrogens (tertiary/aromatic N) is 7. The van der Waals surface area contributed by atoms with Crippen LogP contribution < -0.4 is 15.0 Å². The highest BCUT2D eigenvalue weighted by Crippen LogP contribution is 2.44. The molecule has 3 aliphatic heterocycles. The fraction of sp³-hybridized carbons (Fsp3) is 0.583. The summed E-state index contributed by atoms with van der Waals surface area (Å²) >= 11 is 0. The molecule has 5 heterocycles. The third-order valence-corrected chi connectivity index (χ3v) is 11.8. The normalized spacial score (nSPS) is 20.7. The third kappa shape index (κ3) is 8.94. The van der Waals surface area contributed by atoms with Gasteiger partial charge in [0.15, 0.2) is 6.10 Å². The first-order chi connectivity index (χ1) is 24.8. The lowest BCUT2D eigenvalue weighted by atomic mass is 9.97. The Kier molecular flexibility index (Phi) is 11.5. The highest BCUT2D eigenvalue weighted by Gasteiger charge is 2.44. The van der Waals surface area contributed by atoms with Gasteiger partial charge in [-0.05, 0) is 51.0 Å². The standard InChI is InChI=1S/C36H48F3N9O3Si/c1-46-15-5-6-25(46)23-51-35-43-29(9-10-32(49)47-17-14-41-24(21-47)11-13-40)26-12-16-48(22-31(26)44-35)33-27(7-8-30-28(33)20-42-45-30)34(36(37,38)39)50-18-19-52(2,3)4/h7-10,20,24-25,34,41H,5-6,11-12,14-19,21-23H2,1-4H3,(H,42,45)/t24-,25-,34-/m0/s1. The number of aromatic amines is 1. The van der Waals surface area contributed by atoms with Crippen LogP contribution in [0.1, 0.15) is 47.9 Å². The zero-order chi connectivity index (χ0) is 37.0. The molecule has 0 saturated carbocycles. The van der Waals surface area contributed by atoms with Gasteiger partial charge in [0.2, 0.25) is 5.91 Å². The lowest BCUT2D eigenvalue weighted by Gasteiger charge is -2.34. The maximum absolute atomic E-state index is 14.8. The van der Waals surface area contributed by atoms with E-state index in [1.165, 1.54) is 12.1 Å². The number of halogens is 3. The number of fused-ring (bicyclic) bond motifs is 2. The maximum atomic E-state index is 14.8. The van der Waals surface area contributed by atoms with Gasteiger partial charge in [-0.2, -0.15) is 33.5 Å². The molecule has 1 aromatic carbocycles. The van der Waals surface area contributed by atoms with Gasteiger partial charge in [-0.1, -0.05) is 25.7 Å². The van der Waals surface area contributed by atoms with Crippen LogP contribution in [0.15, 0.2) is 24.4 Å². The number of amides is 1. The number of anilines is 1. The molecule has 0 bridgehead atoms. The van der Waals surface area contributed by atoms with Crippen LogP contribution in [0.4, 0.5) is 18.9 Å². The molecule has 280 valence electrons. The molecule has 0 spiro atoms. The predicted octanol–water partition coefficient (Wildman–Crippen LogP) is 5.07. The van der Waals surface area contributed by atoms with E-state index in [9.17, 15) is 18.0 Å². The topological polar surface area (TPSA) is 136 Å². The Morgan fingerprint density at radius 2 is 2.04 bits per heavy atom. The molecule has 2 fully saturated rings. The molecule has 3 atom stereocenters. The number of likely N-dealkylation sites (tertiary alicyclic amines) is 1. The Morgan fingerprint density at radius 1 is 1.21 bits per heavy atom. The van der Waals surface area contributed by atoms with Crippen molar-refractivity contribution < 1.29 is 27.4 Å². The molecular formula is C36H48F3N9O3Si. The summed E-state index contributed by atoms with van der Waals surface area (Å²) in [6, 6.07) is 6.16. The molecular weight excluding hydrogens is 692 g/mol. The Morgan fingerprint density at radius 3 is 2.77 bits per heavy atom. The highest BCUT2D eigenvalue weighted by molar-refractivity contribution is 6.76. The van der Waals surface area contributed by atoms with Crippen molar-refractivity contribution in [3.05, 3.63) is 46.9 Å². The Labute approximate surface area is 303 Å². The second-order valence-electron chi connectivity index (χ2n) is 15.1. The molecule has 12 nitrogen and oxygen atoms in total. The van der Waals surface area contributed by atoms with E-state index in [0.717, 1.165) is 24.9 Å². The maximum Gasteiger partial charge on any atom is 0.418 e. The van der Waals surface area contributed by atoms with Crippen LogP contribution in [-0.4, -0.2) is 115 Å². The van der Waals surface area contributed by atoms with E-state index in [0.29, 0.717) is 79.6 Å². The minimum absolute atomic E-state index is 0.0110. The number of likely N-dealkylation sites (N-methyl/N-ethyl adjacent to an activating group) is 1. The lowest BCUT2D eigenvalue weighted by Crippen LogP contribution is -2.52. The first kappa shape index (κ1) is 37.7. The van der Waals surface area contributed by atoms with E-state index in [2.05, 4.69) is 53.2 Å². The van der Waals surface area contributed by atoms with Crippen molar-refractivity contribution in [3.8, 4) is 12.1 Å². The molecule has 2 N–H and O–H groups in total. The molecule has 2 saturated heterocycles. The SMILES string of the molecule is CN1CCC[C@H]1COc1nc(C=CC(=O)N2CCN[C@@H](CC#N)C2)c2c(n1)CN(c1c([C@H](OCC[Si](C)(C)C)C(F)(F)F)ccc3[nH]ncc13)CC2. The van der Waals surface area contributed by atoms with E-state index < -0.39 is 20.4 Å². The smallest absolute Gasteiger partial charge is 0.418 e. The minimum Gasteiger partial charge on any atom is -0.462 e. The van der Waals surface area contributed by atoms with Gasteiger partial charge in [0.05, 0.1) is 47.8 Å². The van der Waals surface area contributed by atoms with Gasteiger partial charge in [0.25, 0.3) is 0 Å². The zero-order valence-electron chi connectivity index (χ0n) is 30.3. The van der Waals surface area contributed by atoms with Gasteiger partial charge in [-0.3, -0.25) is 9.89 Å². The Hall–Kier alpha value is -4.04. The summed E-state index contributed by atoms with van der Waals surface area (Å²) in [5, 5.41) is 20.0. The van der Waals surface area contributed by atoms with Crippen molar-refractivity contribution in [2.75, 3.05) is 57.9 Å². The molecule has 3 aromatic rings. The number of nitrogens with one attached hydrogen (secondary N) is 2. The summed E-state index contributed by atoms with van der Waals surface area (Å²) in [5.41, 5.74) is 3.03. The number of carbonyl (C=O) groups is 1. The lowest BCUT2D eigenvalue weighted by molar-refractivity contribution is -0.222. The van der Waals surface area contributed by atoms with E-state index in [1.54, 1.807) is 23.2 Å². The monoisotopic (exact) mass is 739 g/mol. The number of nitriles is 1. The summed E-state index contributed by atoms with van der Waals surface area (Å²) in [6.07, 6.45) is 0.779. The van der Waals surface area contributed by atoms with Crippen molar-refractivity contribution in [1.82, 2.24) is 35.3 Å². The molecule has 0 unspecified atom stereocenters. The van der Waals surface area contributed by atoms with Gasteiger partial charge in [0, 0.05) is 75.5 Å². The van der Waals surface area contributed by atoms with Crippen LogP contribution >= 0.6 is 0 Å². The number of hydrogen-bond acceptors (Lipinski definition) is 10. The summed E-state index contributed by atoms with van der Waals surface area (Å²) in [4.78, 5) is 28.7. The van der Waals surface area contributed by atoms with Crippen LogP contribution in [0.2, 0.25) is 25.7 Å². The molecule has 0 radical (unpaired) electrons. The fourth-order valence-corrected chi connectivity index (χ4v) is 7.88. The molecule has 6 rings (SSSR count). The molecule has 3 aliphatic rings. The predicted molar refractivity (Wildman–Crippen MR) is 195 cm³/mol. The first-order valence-electron chi connectivity index (χ1n) is 18.0. The van der Waals surface area contributed by atoms with Gasteiger partial charge in [-0.15, -0.1) is 0 Å². The summed E-state index contributed by atoms with van der Waals surface area (Å²) in [7, 11) is 0.402. The average molecular weight is 740 g/mol. The van der Waals surface area contributed by atoms with Crippen molar-refractivity contribution >= 4 is 36.6 Å². The van der Waals surface area contributed by atoms with E-state index in [-0.39, 0.29) is 42.7 Å². The van der Waals surface area contributed by atoms with E-state index >= 15 is 0 Å². The van der Waals surface area contributed by atoms with Crippen LogP contribution in [-0.2, 0) is 22.5 Å². The van der Waals surface area contributed by atoms with Crippen LogP contribution in [0, 0.1) is 11.3 Å². The second-order valence-corrected chi connectivity index (χ2v) is 20.8. The summed E-state index contributed by atoms with van der Waals surface area (Å²) < 4.78 is 56.2. The molecule has 2 aromatic heterocycles. The van der Waals surface area contributed by atoms with Crippen LogP contribution in [0.5, 0.6) is 6.01 Å². The number of H-pyrrole nitrogens is 1. The first-order valence-corrected chi connectivity index (χ1v) is 21.7. The number of ether oxygens (including phenoxy) is 2. The number of benzene rings is 1. The third-order valence-electron chi connectivity index (χ3n) is 10.1. The van der Waals surface area contributed by atoms with Crippen molar-refractivity contribution in [1.29, 1.82) is 5.26 Å². The number of alkyl halides is 3. The molecule has 0 aliphatic carbocycles. The quantitative estimate of drug-likeness (QED) is 0.192. The zero-order valence-corrected chi connectivity index (χ0v) is 31.3. The van der Waals surface area contributed by atoms with Crippen molar-refractivity contribution in [2.45, 2.75) is 82.3 Å². The van der Waals surface area contributed by atoms with E-state index in [4.69, 9.17) is 24.7 Å². The highest BCUT2D eigenvalue weighted by atomic mass is 28.3. The largest absolute Gasteiger partial charge is 0.462 e. The number of carbonyl (C=O) groups excluding carboxylic acids is 1. The van der Waals surface area contributed by atoms with Gasteiger partial charge >= 0.3 is 12.2 Å². The van der Waals surface area contributed by atoms with E-state index in [1.807, 2.05) is 4.90 Å². The number of aromatic nitrogens is 4. The van der Waals surface area contributed by atoms with Gasteiger partial charge in [0.1, 0.15) is 6.61 Å². The summed E-state index contributed by atoms with van der Waals surface area (Å²) in [6.45, 7) is 9.82. The Balaban J connectivity index is 1.33. The fourth-order valence-electron chi connectivity index (χ4n) is 7.15. The van der Waals surface area contributed by atoms with Crippen LogP contribution in [0.3, 0.4) is 0 Å². The molecule has 1 amide bonds. The Bertz CT molecular complexity index is 1810. The van der Waals surface area contributed by atoms with Gasteiger partial charge < -0.3 is 29.5 Å². The number of rotatable bonds is 12. The van der Waals surface area contributed by atoms with Crippen molar-refractivity contribution in [2.24, 2.45) is 0 Å². The minimum atomic E-state index is -4.64. The molecule has 52 heavy (non-hydrogen) atoms.